The van der Waals surface area contributed by atoms with E-state index in [2.05, 4.69) is 23.1 Å². The van der Waals surface area contributed by atoms with Crippen LogP contribution in [0.3, 0.4) is 0 Å². The van der Waals surface area contributed by atoms with E-state index in [0.29, 0.717) is 12.5 Å². The van der Waals surface area contributed by atoms with Crippen LogP contribution in [0, 0.1) is 10.1 Å². The van der Waals surface area contributed by atoms with E-state index in [9.17, 15) is 14.9 Å². The summed E-state index contributed by atoms with van der Waals surface area (Å²) in [6.07, 6.45) is 5.18. The zero-order valence-electron chi connectivity index (χ0n) is 15.1. The predicted molar refractivity (Wildman–Crippen MR) is 104 cm³/mol. The molecule has 2 aromatic carbocycles. The average Bonchev–Trinajstić information content (AvgIpc) is 2.72. The van der Waals surface area contributed by atoms with Crippen LogP contribution in [0.15, 0.2) is 60.8 Å². The normalized spacial score (nSPS) is 15.2. The van der Waals surface area contributed by atoms with Crippen LogP contribution in [0.25, 0.3) is 0 Å². The Bertz CT molecular complexity index is 855. The first-order valence-electron chi connectivity index (χ1n) is 9.07. The lowest BCUT2D eigenvalue weighted by Crippen LogP contribution is -2.28. The van der Waals surface area contributed by atoms with Gasteiger partial charge in [0.1, 0.15) is 0 Å². The Morgan fingerprint density at radius 2 is 1.93 bits per heavy atom. The Hall–Kier alpha value is -2.99. The van der Waals surface area contributed by atoms with Crippen molar-refractivity contribution in [2.75, 3.05) is 13.1 Å². The Balaban J connectivity index is 1.60. The van der Waals surface area contributed by atoms with Gasteiger partial charge in [0.05, 0.1) is 10.5 Å². The molecule has 0 atom stereocenters. The lowest BCUT2D eigenvalue weighted by Gasteiger charge is -2.31. The van der Waals surface area contributed by atoms with Crippen molar-refractivity contribution in [1.29, 1.82) is 0 Å². The average molecular weight is 365 g/mol. The topological polar surface area (TPSA) is 89.5 Å². The van der Waals surface area contributed by atoms with Crippen molar-refractivity contribution in [3.63, 3.8) is 0 Å². The Morgan fingerprint density at radius 1 is 1.19 bits per heavy atom. The van der Waals surface area contributed by atoms with Crippen LogP contribution in [-0.4, -0.2) is 28.7 Å². The molecule has 140 valence electrons. The molecule has 0 saturated carbocycles. The Morgan fingerprint density at radius 3 is 2.63 bits per heavy atom. The Kier molecular flexibility index (Phi) is 5.98. The van der Waals surface area contributed by atoms with Crippen LogP contribution in [0.5, 0.6) is 0 Å². The molecule has 1 saturated heterocycles. The van der Waals surface area contributed by atoms with Crippen LogP contribution in [0.2, 0.25) is 0 Å². The third-order valence-corrected chi connectivity index (χ3v) is 4.99. The molecule has 2 N–H and O–H groups in total. The summed E-state index contributed by atoms with van der Waals surface area (Å²) in [5, 5.41) is 11.1. The zero-order chi connectivity index (χ0) is 19.2. The monoisotopic (exact) mass is 365 g/mol. The van der Waals surface area contributed by atoms with Gasteiger partial charge in [-0.25, -0.2) is 0 Å². The summed E-state index contributed by atoms with van der Waals surface area (Å²) in [5.41, 5.74) is 8.14. The Labute approximate surface area is 158 Å². The minimum atomic E-state index is -0.526. The number of nitro groups is 1. The molecule has 1 aliphatic rings. The molecule has 2 aromatic rings. The second-order valence-electron chi connectivity index (χ2n) is 6.71. The SMILES string of the molecule is NCc1cccc(C2CCN(/C=C/C(=O)c3ccccc3[N+](=O)[O-])CC2)c1. The fourth-order valence-corrected chi connectivity index (χ4v) is 3.46. The van der Waals surface area contributed by atoms with E-state index in [1.54, 1.807) is 18.3 Å². The second kappa shape index (κ2) is 8.60. The zero-order valence-corrected chi connectivity index (χ0v) is 15.1. The minimum Gasteiger partial charge on any atom is -0.377 e. The second-order valence-corrected chi connectivity index (χ2v) is 6.71. The molecule has 6 heteroatoms. The highest BCUT2D eigenvalue weighted by atomic mass is 16.6. The van der Waals surface area contributed by atoms with Gasteiger partial charge in [-0.05, 0) is 36.0 Å². The quantitative estimate of drug-likeness (QED) is 0.365. The van der Waals surface area contributed by atoms with E-state index in [0.717, 1.165) is 31.5 Å². The van der Waals surface area contributed by atoms with Crippen molar-refractivity contribution in [2.24, 2.45) is 5.73 Å². The number of nitro benzene ring substituents is 1. The summed E-state index contributed by atoms with van der Waals surface area (Å²) in [7, 11) is 0. The first kappa shape index (κ1) is 18.8. The number of rotatable bonds is 6. The summed E-state index contributed by atoms with van der Waals surface area (Å²) in [6, 6.07) is 14.4. The number of hydrogen-bond donors (Lipinski definition) is 1. The highest BCUT2D eigenvalue weighted by Gasteiger charge is 2.20. The maximum absolute atomic E-state index is 12.3. The number of nitrogens with zero attached hydrogens (tertiary/aromatic N) is 2. The number of likely N-dealkylation sites (tertiary alicyclic amines) is 1. The maximum atomic E-state index is 12.3. The lowest BCUT2D eigenvalue weighted by atomic mass is 9.88. The van der Waals surface area contributed by atoms with Gasteiger partial charge in [-0.2, -0.15) is 0 Å². The smallest absolute Gasteiger partial charge is 0.280 e. The highest BCUT2D eigenvalue weighted by Crippen LogP contribution is 2.28. The van der Waals surface area contributed by atoms with Gasteiger partial charge in [-0.1, -0.05) is 36.4 Å². The number of piperidine rings is 1. The van der Waals surface area contributed by atoms with Crippen molar-refractivity contribution in [3.8, 4) is 0 Å². The van der Waals surface area contributed by atoms with E-state index in [-0.39, 0.29) is 17.0 Å². The summed E-state index contributed by atoms with van der Waals surface area (Å²) in [5.74, 6) is 0.145. The van der Waals surface area contributed by atoms with Gasteiger partial charge < -0.3 is 10.6 Å². The van der Waals surface area contributed by atoms with E-state index >= 15 is 0 Å². The number of carbonyl (C=O) groups is 1. The summed E-state index contributed by atoms with van der Waals surface area (Å²) in [4.78, 5) is 25.0. The van der Waals surface area contributed by atoms with Gasteiger partial charge in [0.15, 0.2) is 5.78 Å². The van der Waals surface area contributed by atoms with Gasteiger partial charge in [0.25, 0.3) is 5.69 Å². The molecular weight excluding hydrogens is 342 g/mol. The molecule has 1 aliphatic heterocycles. The third-order valence-electron chi connectivity index (χ3n) is 4.99. The fraction of sp³-hybridized carbons (Fsp3) is 0.286. The lowest BCUT2D eigenvalue weighted by molar-refractivity contribution is -0.385. The number of ketones is 1. The first-order chi connectivity index (χ1) is 13.1. The molecule has 0 unspecified atom stereocenters. The summed E-state index contributed by atoms with van der Waals surface area (Å²) < 4.78 is 0. The van der Waals surface area contributed by atoms with Crippen LogP contribution in [0.1, 0.15) is 40.2 Å². The highest BCUT2D eigenvalue weighted by molar-refractivity contribution is 6.07. The van der Waals surface area contributed by atoms with Gasteiger partial charge in [0.2, 0.25) is 0 Å². The first-order valence-corrected chi connectivity index (χ1v) is 9.07. The van der Waals surface area contributed by atoms with Gasteiger partial charge in [-0.3, -0.25) is 14.9 Å². The number of allylic oxidation sites excluding steroid dienone is 1. The van der Waals surface area contributed by atoms with E-state index in [1.807, 2.05) is 6.07 Å². The van der Waals surface area contributed by atoms with Crippen LogP contribution in [-0.2, 0) is 6.54 Å². The van der Waals surface area contributed by atoms with Gasteiger partial charge >= 0.3 is 0 Å². The molecule has 1 heterocycles. The van der Waals surface area contributed by atoms with E-state index < -0.39 is 4.92 Å². The number of benzene rings is 2. The molecule has 0 amide bonds. The standard InChI is InChI=1S/C21H23N3O3/c22-15-16-4-3-5-18(14-16)17-8-11-23(12-9-17)13-10-21(25)19-6-1-2-7-20(19)24(26)27/h1-7,10,13-14,17H,8-9,11-12,15,22H2/b13-10+. The molecule has 6 nitrogen and oxygen atoms in total. The third kappa shape index (κ3) is 4.60. The maximum Gasteiger partial charge on any atom is 0.280 e. The van der Waals surface area contributed by atoms with Crippen LogP contribution >= 0.6 is 0 Å². The molecule has 1 fully saturated rings. The van der Waals surface area contributed by atoms with E-state index in [4.69, 9.17) is 5.73 Å². The molecule has 3 rings (SSSR count). The number of carbonyl (C=O) groups excluding carboxylic acids is 1. The molecule has 0 aromatic heterocycles. The number of para-hydroxylation sites is 1. The molecule has 0 spiro atoms. The van der Waals surface area contributed by atoms with Crippen LogP contribution in [0.4, 0.5) is 5.69 Å². The largest absolute Gasteiger partial charge is 0.377 e. The van der Waals surface area contributed by atoms with Crippen molar-refractivity contribution in [1.82, 2.24) is 4.90 Å². The van der Waals surface area contributed by atoms with Crippen molar-refractivity contribution in [2.45, 2.75) is 25.3 Å². The van der Waals surface area contributed by atoms with Crippen molar-refractivity contribution in [3.05, 3.63) is 87.6 Å². The van der Waals surface area contributed by atoms with Crippen molar-refractivity contribution < 1.29 is 9.72 Å². The molecule has 0 aliphatic carbocycles. The minimum absolute atomic E-state index is 0.118. The van der Waals surface area contributed by atoms with Crippen LogP contribution < -0.4 is 5.73 Å². The summed E-state index contributed by atoms with van der Waals surface area (Å²) in [6.45, 7) is 2.24. The molecule has 27 heavy (non-hydrogen) atoms. The van der Waals surface area contributed by atoms with Gasteiger partial charge in [0, 0.05) is 38.0 Å². The number of hydrogen-bond acceptors (Lipinski definition) is 5. The predicted octanol–water partition coefficient (Wildman–Crippen LogP) is 3.63. The summed E-state index contributed by atoms with van der Waals surface area (Å²) >= 11 is 0. The molecule has 0 radical (unpaired) electrons. The number of nitrogens with two attached hydrogens (primary N) is 1. The van der Waals surface area contributed by atoms with Gasteiger partial charge in [-0.15, -0.1) is 0 Å². The van der Waals surface area contributed by atoms with Crippen molar-refractivity contribution >= 4 is 11.5 Å². The van der Waals surface area contributed by atoms with E-state index in [1.165, 1.54) is 23.8 Å². The molecular formula is C21H23N3O3. The fourth-order valence-electron chi connectivity index (χ4n) is 3.46. The molecule has 0 bridgehead atoms.